The largest absolute Gasteiger partial charge is 0.464 e. The van der Waals surface area contributed by atoms with Gasteiger partial charge in [-0.2, -0.15) is 4.98 Å². The maximum absolute atomic E-state index is 14.1. The van der Waals surface area contributed by atoms with Crippen molar-refractivity contribution in [3.05, 3.63) is 53.9 Å². The first-order chi connectivity index (χ1) is 19.7. The number of rotatable bonds is 8. The van der Waals surface area contributed by atoms with Crippen LogP contribution in [0.25, 0.3) is 16.7 Å². The van der Waals surface area contributed by atoms with E-state index in [4.69, 9.17) is 19.0 Å². The van der Waals surface area contributed by atoms with Gasteiger partial charge in [0.15, 0.2) is 5.82 Å². The lowest BCUT2D eigenvalue weighted by Crippen LogP contribution is -2.50. The third-order valence-electron chi connectivity index (χ3n) is 8.57. The van der Waals surface area contributed by atoms with Gasteiger partial charge in [-0.1, -0.05) is 43.6 Å². The van der Waals surface area contributed by atoms with E-state index in [1.807, 2.05) is 30.0 Å². The van der Waals surface area contributed by atoms with Crippen LogP contribution in [0.1, 0.15) is 77.9 Å². The molecule has 0 N–H and O–H groups in total. The fourth-order valence-electron chi connectivity index (χ4n) is 6.24. The topological polar surface area (TPSA) is 103 Å². The summed E-state index contributed by atoms with van der Waals surface area (Å²) in [5.41, 5.74) is 5.29. The molecular weight excluding hydrogens is 518 g/mol. The summed E-state index contributed by atoms with van der Waals surface area (Å²) in [4.78, 5) is 29.5. The molecule has 9 nitrogen and oxygen atoms in total. The van der Waals surface area contributed by atoms with Crippen molar-refractivity contribution in [2.75, 3.05) is 31.3 Å². The third kappa shape index (κ3) is 5.64. The summed E-state index contributed by atoms with van der Waals surface area (Å²) < 4.78 is 16.6. The molecule has 4 aliphatic rings. The van der Waals surface area contributed by atoms with Crippen molar-refractivity contribution in [3.8, 4) is 17.1 Å². The second-order valence-corrected chi connectivity index (χ2v) is 12.7. The molecule has 0 unspecified atom stereocenters. The van der Waals surface area contributed by atoms with E-state index in [0.717, 1.165) is 61.2 Å². The van der Waals surface area contributed by atoms with Gasteiger partial charge in [-0.25, -0.2) is 9.97 Å². The van der Waals surface area contributed by atoms with Crippen LogP contribution in [-0.4, -0.2) is 52.4 Å². The first-order valence-electron chi connectivity index (χ1n) is 14.7. The van der Waals surface area contributed by atoms with Crippen molar-refractivity contribution in [2.24, 2.45) is 11.3 Å². The Morgan fingerprint density at radius 2 is 1.88 bits per heavy atom. The third-order valence-corrected chi connectivity index (χ3v) is 8.57. The molecule has 1 saturated carbocycles. The lowest BCUT2D eigenvalue weighted by molar-refractivity contribution is -0.125. The molecule has 7 rings (SSSR count). The highest BCUT2D eigenvalue weighted by atomic mass is 16.5. The summed E-state index contributed by atoms with van der Waals surface area (Å²) in [5, 5.41) is 4.32. The fourth-order valence-corrected chi connectivity index (χ4v) is 6.24. The van der Waals surface area contributed by atoms with Crippen LogP contribution in [-0.2, 0) is 14.9 Å². The zero-order chi connectivity index (χ0) is 28.6. The summed E-state index contributed by atoms with van der Waals surface area (Å²) in [6.45, 7) is 10.6. The van der Waals surface area contributed by atoms with Gasteiger partial charge in [0.25, 0.3) is 0 Å². The molecule has 9 heteroatoms. The highest BCUT2D eigenvalue weighted by Crippen LogP contribution is 2.57. The van der Waals surface area contributed by atoms with Crippen LogP contribution < -0.4 is 9.64 Å². The Kier molecular flexibility index (Phi) is 7.40. The monoisotopic (exact) mass is 557 g/mol. The second kappa shape index (κ2) is 11.0. The summed E-state index contributed by atoms with van der Waals surface area (Å²) in [6, 6.07) is 8.54. The van der Waals surface area contributed by atoms with Crippen LogP contribution >= 0.6 is 0 Å². The number of nitrogens with zero attached hydrogens (tertiary/aromatic N) is 5. The lowest BCUT2D eigenvalue weighted by atomic mass is 9.57. The molecule has 41 heavy (non-hydrogen) atoms. The van der Waals surface area contributed by atoms with Crippen LogP contribution in [0.5, 0.6) is 6.01 Å². The van der Waals surface area contributed by atoms with Crippen LogP contribution in [0.2, 0.25) is 0 Å². The number of ether oxygens (including phenoxy) is 2. The highest BCUT2D eigenvalue weighted by Gasteiger charge is 2.48. The maximum atomic E-state index is 14.1. The van der Waals surface area contributed by atoms with Gasteiger partial charge in [0.1, 0.15) is 0 Å². The minimum absolute atomic E-state index is 0.0259. The van der Waals surface area contributed by atoms with Crippen LogP contribution in [0.3, 0.4) is 0 Å². The molecule has 3 heterocycles. The van der Waals surface area contributed by atoms with Crippen molar-refractivity contribution in [1.29, 1.82) is 0 Å². The molecule has 0 atom stereocenters. The normalized spacial score (nSPS) is 18.6. The second-order valence-electron chi connectivity index (χ2n) is 12.7. The predicted octanol–water partition coefficient (Wildman–Crippen LogP) is 6.01. The quantitative estimate of drug-likeness (QED) is 0.332. The lowest BCUT2D eigenvalue weighted by Gasteiger charge is -2.51. The van der Waals surface area contributed by atoms with E-state index >= 15 is 0 Å². The number of carbonyl (C=O) groups excluding carboxylic acids is 1. The minimum Gasteiger partial charge on any atom is -0.464 e. The molecule has 0 radical (unpaired) electrons. The molecule has 1 aliphatic heterocycles. The van der Waals surface area contributed by atoms with E-state index in [0.29, 0.717) is 38.3 Å². The van der Waals surface area contributed by atoms with Crippen molar-refractivity contribution < 1.29 is 18.8 Å². The van der Waals surface area contributed by atoms with Gasteiger partial charge in [-0.3, -0.25) is 4.79 Å². The molecule has 0 spiro atoms. The van der Waals surface area contributed by atoms with Crippen molar-refractivity contribution in [1.82, 2.24) is 20.1 Å². The predicted molar refractivity (Wildman–Crippen MR) is 155 cm³/mol. The summed E-state index contributed by atoms with van der Waals surface area (Å²) in [5.74, 6) is 1.57. The van der Waals surface area contributed by atoms with Gasteiger partial charge in [0, 0.05) is 54.7 Å². The van der Waals surface area contributed by atoms with Crippen LogP contribution in [0.4, 0.5) is 5.69 Å². The smallest absolute Gasteiger partial charge is 0.316 e. The molecule has 1 amide bonds. The Bertz CT molecular complexity index is 1420. The summed E-state index contributed by atoms with van der Waals surface area (Å²) in [6.07, 6.45) is 8.90. The zero-order valence-electron chi connectivity index (χ0n) is 24.5. The fraction of sp³-hybridized carbons (Fsp3) is 0.531. The number of fused-ring (bicyclic) bond motifs is 2. The Morgan fingerprint density at radius 1 is 1.12 bits per heavy atom. The Morgan fingerprint density at radius 3 is 2.51 bits per heavy atom. The van der Waals surface area contributed by atoms with Crippen molar-refractivity contribution >= 4 is 17.2 Å². The van der Waals surface area contributed by atoms with Crippen LogP contribution in [0.15, 0.2) is 46.8 Å². The van der Waals surface area contributed by atoms with E-state index in [1.165, 1.54) is 11.1 Å². The first-order valence-corrected chi connectivity index (χ1v) is 14.7. The highest BCUT2D eigenvalue weighted by molar-refractivity contribution is 5.96. The first kappa shape index (κ1) is 27.6. The average molecular weight is 558 g/mol. The molecule has 1 saturated heterocycles. The van der Waals surface area contributed by atoms with Gasteiger partial charge < -0.3 is 18.9 Å². The number of hydrogen-bond donors (Lipinski definition) is 0. The van der Waals surface area contributed by atoms with E-state index < -0.39 is 0 Å². The standard InChI is InChI=1S/C32H39N5O4/c1-5-40-30-33-18-24(19-34-30)22-7-6-8-25(15-22)37(28(38)21-10-13-39-14-11-21)20-32-12-9-26(23(16-32)17-32)27-35-29(41-36-27)31(2,3)4/h6-8,15,18-19,21H,5,9-14,16-17,20H2,1-4H3. The molecule has 2 fully saturated rings. The average Bonchev–Trinajstić information content (AvgIpc) is 3.48. The van der Waals surface area contributed by atoms with Gasteiger partial charge in [0.05, 0.1) is 6.61 Å². The molecule has 3 aliphatic carbocycles. The van der Waals surface area contributed by atoms with Crippen LogP contribution in [0, 0.1) is 11.3 Å². The number of carbonyl (C=O) groups is 1. The Balaban J connectivity index is 1.26. The van der Waals surface area contributed by atoms with Gasteiger partial charge in [-0.05, 0) is 74.1 Å². The van der Waals surface area contributed by atoms with Gasteiger partial charge in [0.2, 0.25) is 11.8 Å². The SMILES string of the molecule is CCOc1ncc(-c2cccc(N(CC34CCC(c5noc(C(C)(C)C)n5)=C(C3)C4)C(=O)C3CCOCC3)c2)cn1. The van der Waals surface area contributed by atoms with E-state index in [1.54, 1.807) is 12.4 Å². The number of anilines is 1. The molecule has 2 aromatic heterocycles. The zero-order valence-corrected chi connectivity index (χ0v) is 24.5. The van der Waals surface area contributed by atoms with Gasteiger partial charge >= 0.3 is 6.01 Å². The van der Waals surface area contributed by atoms with E-state index in [2.05, 4.69) is 42.0 Å². The number of hydrogen-bond acceptors (Lipinski definition) is 8. The van der Waals surface area contributed by atoms with Crippen molar-refractivity contribution in [3.63, 3.8) is 0 Å². The van der Waals surface area contributed by atoms with Gasteiger partial charge in [-0.15, -0.1) is 0 Å². The molecular formula is C32H39N5O4. The number of amides is 1. The van der Waals surface area contributed by atoms with E-state index in [9.17, 15) is 4.79 Å². The minimum atomic E-state index is -0.175. The molecule has 1 aromatic carbocycles. The summed E-state index contributed by atoms with van der Waals surface area (Å²) >= 11 is 0. The number of benzene rings is 1. The number of aromatic nitrogens is 4. The molecule has 3 aromatic rings. The Hall–Kier alpha value is -3.59. The summed E-state index contributed by atoms with van der Waals surface area (Å²) in [7, 11) is 0. The number of allylic oxidation sites excluding steroid dienone is 2. The molecule has 2 bridgehead atoms. The van der Waals surface area contributed by atoms with Crippen molar-refractivity contribution in [2.45, 2.75) is 71.6 Å². The maximum Gasteiger partial charge on any atom is 0.316 e. The van der Waals surface area contributed by atoms with E-state index in [-0.39, 0.29) is 22.7 Å². The molecule has 216 valence electrons. The Labute approximate surface area is 241 Å².